The number of carbonyl (C=O) groups excluding carboxylic acids is 1. The number of benzene rings is 1. The number of alkyl halides is 3. The van der Waals surface area contributed by atoms with Crippen molar-refractivity contribution in [1.29, 1.82) is 0 Å². The molecule has 1 heterocycles. The van der Waals surface area contributed by atoms with E-state index in [4.69, 9.17) is 0 Å². The first kappa shape index (κ1) is 15.8. The summed E-state index contributed by atoms with van der Waals surface area (Å²) in [7, 11) is 0. The molecule has 1 aromatic rings. The first-order chi connectivity index (χ1) is 9.85. The monoisotopic (exact) mass is 300 g/mol. The van der Waals surface area contributed by atoms with Gasteiger partial charge in [0, 0.05) is 6.54 Å². The predicted octanol–water partition coefficient (Wildman–Crippen LogP) is 2.64. The lowest BCUT2D eigenvalue weighted by Gasteiger charge is -2.24. The van der Waals surface area contributed by atoms with Gasteiger partial charge in [0.1, 0.15) is 6.54 Å². The Morgan fingerprint density at radius 1 is 1.43 bits per heavy atom. The molecule has 1 aliphatic rings. The summed E-state index contributed by atoms with van der Waals surface area (Å²) in [4.78, 5) is 13.9. The molecule has 1 aliphatic heterocycles. The Labute approximate surface area is 122 Å². The van der Waals surface area contributed by atoms with Gasteiger partial charge >= 0.3 is 6.18 Å². The third-order valence-corrected chi connectivity index (χ3v) is 3.60. The second kappa shape index (κ2) is 6.47. The van der Waals surface area contributed by atoms with Gasteiger partial charge in [0.2, 0.25) is 5.91 Å². The third kappa shape index (κ3) is 4.74. The second-order valence-electron chi connectivity index (χ2n) is 5.45. The van der Waals surface area contributed by atoms with Crippen molar-refractivity contribution < 1.29 is 18.0 Å². The van der Waals surface area contributed by atoms with E-state index in [1.54, 1.807) is 0 Å². The smallest absolute Gasteiger partial charge is 0.346 e. The van der Waals surface area contributed by atoms with Crippen LogP contribution >= 0.6 is 0 Å². The van der Waals surface area contributed by atoms with Crippen LogP contribution in [-0.4, -0.2) is 36.1 Å². The van der Waals surface area contributed by atoms with E-state index in [-0.39, 0.29) is 0 Å². The van der Waals surface area contributed by atoms with Crippen LogP contribution in [0.5, 0.6) is 0 Å². The van der Waals surface area contributed by atoms with E-state index in [1.807, 2.05) is 41.4 Å². The normalized spacial score (nSPS) is 19.7. The molecule has 116 valence electrons. The van der Waals surface area contributed by atoms with Crippen molar-refractivity contribution in [3.8, 4) is 0 Å². The number of rotatable bonds is 4. The third-order valence-electron chi connectivity index (χ3n) is 3.60. The number of amides is 1. The maximum Gasteiger partial charge on any atom is 0.405 e. The van der Waals surface area contributed by atoms with Gasteiger partial charge in [-0.15, -0.1) is 0 Å². The Kier molecular flexibility index (Phi) is 4.88. The highest BCUT2D eigenvalue weighted by Gasteiger charge is 2.33. The van der Waals surface area contributed by atoms with Crippen LogP contribution in [0.15, 0.2) is 24.3 Å². The van der Waals surface area contributed by atoms with Crippen LogP contribution in [0.4, 0.5) is 13.2 Å². The quantitative estimate of drug-likeness (QED) is 0.927. The summed E-state index contributed by atoms with van der Waals surface area (Å²) >= 11 is 0. The molecule has 0 radical (unpaired) electrons. The Morgan fingerprint density at radius 3 is 2.86 bits per heavy atom. The molecule has 0 bridgehead atoms. The molecular formula is C15H19F3N2O. The van der Waals surface area contributed by atoms with Gasteiger partial charge in [-0.1, -0.05) is 29.8 Å². The van der Waals surface area contributed by atoms with Crippen LogP contribution in [0.3, 0.4) is 0 Å². The maximum absolute atomic E-state index is 12.2. The van der Waals surface area contributed by atoms with Crippen LogP contribution in [0.2, 0.25) is 0 Å². The molecule has 1 aromatic carbocycles. The molecule has 21 heavy (non-hydrogen) atoms. The molecule has 0 unspecified atom stereocenters. The van der Waals surface area contributed by atoms with Gasteiger partial charge < -0.3 is 5.32 Å². The topological polar surface area (TPSA) is 32.3 Å². The number of likely N-dealkylation sites (tertiary alicyclic amines) is 1. The number of hydrogen-bond donors (Lipinski definition) is 1. The van der Waals surface area contributed by atoms with Crippen LogP contribution in [-0.2, 0) is 11.3 Å². The molecule has 0 aliphatic carbocycles. The zero-order chi connectivity index (χ0) is 15.5. The fourth-order valence-electron chi connectivity index (χ4n) is 2.66. The van der Waals surface area contributed by atoms with Crippen LogP contribution in [0, 0.1) is 6.92 Å². The maximum atomic E-state index is 12.2. The molecule has 3 nitrogen and oxygen atoms in total. The van der Waals surface area contributed by atoms with Crippen molar-refractivity contribution in [2.45, 2.75) is 38.5 Å². The highest BCUT2D eigenvalue weighted by molar-refractivity contribution is 5.82. The summed E-state index contributed by atoms with van der Waals surface area (Å²) < 4.78 is 36.5. The molecule has 1 amide bonds. The number of nitrogens with zero attached hydrogens (tertiary/aromatic N) is 1. The standard InChI is InChI=1S/C15H19F3N2O/c1-11-4-2-5-12(8-11)9-20-7-3-6-13(20)14(21)19-10-15(16,17)18/h2,4-5,8,13H,3,6-7,9-10H2,1H3,(H,19,21)/t13-/m0/s1. The van der Waals surface area contributed by atoms with E-state index in [9.17, 15) is 18.0 Å². The lowest BCUT2D eigenvalue weighted by atomic mass is 10.1. The summed E-state index contributed by atoms with van der Waals surface area (Å²) in [5.41, 5.74) is 2.20. The lowest BCUT2D eigenvalue weighted by molar-refractivity contribution is -0.141. The summed E-state index contributed by atoms with van der Waals surface area (Å²) in [5, 5.41) is 1.99. The fourth-order valence-corrected chi connectivity index (χ4v) is 2.66. The van der Waals surface area contributed by atoms with Crippen molar-refractivity contribution in [1.82, 2.24) is 10.2 Å². The molecule has 0 spiro atoms. The minimum Gasteiger partial charge on any atom is -0.346 e. The van der Waals surface area contributed by atoms with E-state index in [0.29, 0.717) is 13.0 Å². The van der Waals surface area contributed by atoms with Crippen LogP contribution < -0.4 is 5.32 Å². The largest absolute Gasteiger partial charge is 0.405 e. The predicted molar refractivity (Wildman–Crippen MR) is 73.7 cm³/mol. The van der Waals surface area contributed by atoms with E-state index in [1.165, 1.54) is 0 Å². The highest BCUT2D eigenvalue weighted by atomic mass is 19.4. The van der Waals surface area contributed by atoms with Gasteiger partial charge in [-0.2, -0.15) is 13.2 Å². The molecule has 1 atom stereocenters. The Bertz CT molecular complexity index is 502. The average Bonchev–Trinajstić information content (AvgIpc) is 2.83. The molecule has 0 saturated carbocycles. The molecule has 1 N–H and O–H groups in total. The number of aryl methyl sites for hydroxylation is 1. The van der Waals surface area contributed by atoms with E-state index in [0.717, 1.165) is 24.1 Å². The van der Waals surface area contributed by atoms with Crippen molar-refractivity contribution in [3.63, 3.8) is 0 Å². The minimum atomic E-state index is -4.37. The van der Waals surface area contributed by atoms with Gasteiger partial charge in [-0.3, -0.25) is 9.69 Å². The first-order valence-electron chi connectivity index (χ1n) is 6.99. The van der Waals surface area contributed by atoms with Crippen molar-refractivity contribution >= 4 is 5.91 Å². The van der Waals surface area contributed by atoms with Gasteiger partial charge in [-0.05, 0) is 31.9 Å². The summed E-state index contributed by atoms with van der Waals surface area (Å²) in [5.74, 6) is -0.530. The Balaban J connectivity index is 1.95. The molecule has 1 fully saturated rings. The molecule has 0 aromatic heterocycles. The molecular weight excluding hydrogens is 281 g/mol. The second-order valence-corrected chi connectivity index (χ2v) is 5.45. The van der Waals surface area contributed by atoms with Gasteiger partial charge in [0.15, 0.2) is 0 Å². The Hall–Kier alpha value is -1.56. The van der Waals surface area contributed by atoms with Crippen molar-refractivity contribution in [2.24, 2.45) is 0 Å². The molecule has 2 rings (SSSR count). The highest BCUT2D eigenvalue weighted by Crippen LogP contribution is 2.21. The van der Waals surface area contributed by atoms with Crippen LogP contribution in [0.25, 0.3) is 0 Å². The zero-order valence-electron chi connectivity index (χ0n) is 11.9. The summed E-state index contributed by atoms with van der Waals surface area (Å²) in [6, 6.07) is 7.47. The number of hydrogen-bond acceptors (Lipinski definition) is 2. The molecule has 6 heteroatoms. The zero-order valence-corrected chi connectivity index (χ0v) is 11.9. The van der Waals surface area contributed by atoms with Crippen molar-refractivity contribution in [3.05, 3.63) is 35.4 Å². The van der Waals surface area contributed by atoms with Crippen molar-refractivity contribution in [2.75, 3.05) is 13.1 Å². The minimum absolute atomic E-state index is 0.465. The number of nitrogens with one attached hydrogen (secondary N) is 1. The summed E-state index contributed by atoms with van der Waals surface area (Å²) in [6.45, 7) is 2.05. The van der Waals surface area contributed by atoms with Gasteiger partial charge in [0.05, 0.1) is 6.04 Å². The van der Waals surface area contributed by atoms with Crippen LogP contribution in [0.1, 0.15) is 24.0 Å². The Morgan fingerprint density at radius 2 is 2.19 bits per heavy atom. The summed E-state index contributed by atoms with van der Waals surface area (Å²) in [6.07, 6.45) is -2.93. The fraction of sp³-hybridized carbons (Fsp3) is 0.533. The van der Waals surface area contributed by atoms with Gasteiger partial charge in [-0.25, -0.2) is 0 Å². The van der Waals surface area contributed by atoms with E-state index < -0.39 is 24.7 Å². The number of carbonyl (C=O) groups is 1. The van der Waals surface area contributed by atoms with E-state index >= 15 is 0 Å². The van der Waals surface area contributed by atoms with Gasteiger partial charge in [0.25, 0.3) is 0 Å². The molecule has 1 saturated heterocycles. The lowest BCUT2D eigenvalue weighted by Crippen LogP contribution is -2.45. The first-order valence-corrected chi connectivity index (χ1v) is 6.99. The van der Waals surface area contributed by atoms with E-state index in [2.05, 4.69) is 0 Å². The SMILES string of the molecule is Cc1cccc(CN2CCC[C@H]2C(=O)NCC(F)(F)F)c1. The number of halogens is 3. The average molecular weight is 300 g/mol.